The van der Waals surface area contributed by atoms with Crippen LogP contribution in [-0.2, 0) is 12.8 Å². The molecule has 3 heteroatoms. The quantitative estimate of drug-likeness (QED) is 0.928. The molecule has 0 aromatic heterocycles. The normalized spacial score (nSPS) is 17.0. The SMILES string of the molecule is COc1ccc(NC2CCc3ccccc3C2)cc1OC. The molecule has 0 radical (unpaired) electrons. The molecule has 0 saturated carbocycles. The van der Waals surface area contributed by atoms with E-state index >= 15 is 0 Å². The minimum Gasteiger partial charge on any atom is -0.493 e. The molecule has 1 aliphatic carbocycles. The highest BCUT2D eigenvalue weighted by atomic mass is 16.5. The molecule has 21 heavy (non-hydrogen) atoms. The van der Waals surface area contributed by atoms with E-state index in [9.17, 15) is 0 Å². The number of aryl methyl sites for hydroxylation is 1. The van der Waals surface area contributed by atoms with Gasteiger partial charge in [0.2, 0.25) is 0 Å². The van der Waals surface area contributed by atoms with E-state index in [4.69, 9.17) is 9.47 Å². The topological polar surface area (TPSA) is 30.5 Å². The van der Waals surface area contributed by atoms with Crippen LogP contribution in [0.25, 0.3) is 0 Å². The number of benzene rings is 2. The molecule has 1 atom stereocenters. The third-order valence-electron chi connectivity index (χ3n) is 4.10. The monoisotopic (exact) mass is 283 g/mol. The molecule has 0 amide bonds. The van der Waals surface area contributed by atoms with Crippen LogP contribution in [-0.4, -0.2) is 20.3 Å². The fourth-order valence-corrected chi connectivity index (χ4v) is 2.98. The van der Waals surface area contributed by atoms with Crippen LogP contribution in [0.4, 0.5) is 5.69 Å². The Bertz CT molecular complexity index is 624. The van der Waals surface area contributed by atoms with E-state index in [0.29, 0.717) is 6.04 Å². The lowest BCUT2D eigenvalue weighted by molar-refractivity contribution is 0.355. The molecule has 0 bridgehead atoms. The number of nitrogens with one attached hydrogen (secondary N) is 1. The van der Waals surface area contributed by atoms with E-state index in [1.165, 1.54) is 11.1 Å². The summed E-state index contributed by atoms with van der Waals surface area (Å²) in [6, 6.07) is 15.2. The molecule has 0 fully saturated rings. The molecule has 3 rings (SSSR count). The second-order valence-corrected chi connectivity index (χ2v) is 5.42. The van der Waals surface area contributed by atoms with Gasteiger partial charge in [0, 0.05) is 17.8 Å². The average Bonchev–Trinajstić information content (AvgIpc) is 2.54. The highest BCUT2D eigenvalue weighted by Crippen LogP contribution is 2.31. The lowest BCUT2D eigenvalue weighted by Gasteiger charge is -2.26. The third-order valence-corrected chi connectivity index (χ3v) is 4.10. The fraction of sp³-hybridized carbons (Fsp3) is 0.333. The summed E-state index contributed by atoms with van der Waals surface area (Å²) in [5.74, 6) is 1.52. The second-order valence-electron chi connectivity index (χ2n) is 5.42. The van der Waals surface area contributed by atoms with Crippen molar-refractivity contribution in [3.63, 3.8) is 0 Å². The number of methoxy groups -OCH3 is 2. The smallest absolute Gasteiger partial charge is 0.162 e. The molecule has 2 aromatic rings. The maximum absolute atomic E-state index is 5.36. The predicted molar refractivity (Wildman–Crippen MR) is 85.4 cm³/mol. The standard InChI is InChI=1S/C18H21NO2/c1-20-17-10-9-16(12-18(17)21-2)19-15-8-7-13-5-3-4-6-14(13)11-15/h3-6,9-10,12,15,19H,7-8,11H2,1-2H3. The summed E-state index contributed by atoms with van der Waals surface area (Å²) in [6.45, 7) is 0. The Morgan fingerprint density at radius 1 is 0.952 bits per heavy atom. The van der Waals surface area contributed by atoms with Crippen LogP contribution >= 0.6 is 0 Å². The van der Waals surface area contributed by atoms with E-state index in [1.807, 2.05) is 18.2 Å². The van der Waals surface area contributed by atoms with Crippen molar-refractivity contribution >= 4 is 5.69 Å². The largest absolute Gasteiger partial charge is 0.493 e. The van der Waals surface area contributed by atoms with Gasteiger partial charge in [-0.25, -0.2) is 0 Å². The summed E-state index contributed by atoms with van der Waals surface area (Å²) < 4.78 is 10.6. The maximum Gasteiger partial charge on any atom is 0.162 e. The number of hydrogen-bond acceptors (Lipinski definition) is 3. The van der Waals surface area contributed by atoms with Crippen molar-refractivity contribution in [2.24, 2.45) is 0 Å². The summed E-state index contributed by atoms with van der Waals surface area (Å²) in [7, 11) is 3.32. The Morgan fingerprint density at radius 3 is 2.48 bits per heavy atom. The first-order valence-electron chi connectivity index (χ1n) is 7.35. The highest BCUT2D eigenvalue weighted by Gasteiger charge is 2.18. The molecule has 0 aliphatic heterocycles. The van der Waals surface area contributed by atoms with Crippen molar-refractivity contribution in [1.29, 1.82) is 0 Å². The van der Waals surface area contributed by atoms with Crippen molar-refractivity contribution in [3.8, 4) is 11.5 Å². The van der Waals surface area contributed by atoms with Gasteiger partial charge in [0.05, 0.1) is 14.2 Å². The van der Waals surface area contributed by atoms with E-state index in [0.717, 1.165) is 36.4 Å². The molecule has 0 spiro atoms. The van der Waals surface area contributed by atoms with Gasteiger partial charge >= 0.3 is 0 Å². The lowest BCUT2D eigenvalue weighted by Crippen LogP contribution is -2.27. The van der Waals surface area contributed by atoms with Crippen molar-refractivity contribution < 1.29 is 9.47 Å². The van der Waals surface area contributed by atoms with Gasteiger partial charge in [-0.2, -0.15) is 0 Å². The van der Waals surface area contributed by atoms with Crippen LogP contribution in [0.1, 0.15) is 17.5 Å². The van der Waals surface area contributed by atoms with Crippen molar-refractivity contribution in [1.82, 2.24) is 0 Å². The van der Waals surface area contributed by atoms with Crippen LogP contribution in [0, 0.1) is 0 Å². The van der Waals surface area contributed by atoms with Crippen molar-refractivity contribution in [3.05, 3.63) is 53.6 Å². The maximum atomic E-state index is 5.36. The van der Waals surface area contributed by atoms with E-state index in [2.05, 4.69) is 29.6 Å². The fourth-order valence-electron chi connectivity index (χ4n) is 2.98. The molecule has 1 unspecified atom stereocenters. The first-order chi connectivity index (χ1) is 10.3. The summed E-state index contributed by atoms with van der Waals surface area (Å²) in [5, 5.41) is 3.61. The number of ether oxygens (including phenoxy) is 2. The second kappa shape index (κ2) is 6.08. The molecule has 3 nitrogen and oxygen atoms in total. The van der Waals surface area contributed by atoms with Crippen LogP contribution in [0.15, 0.2) is 42.5 Å². The molecule has 1 N–H and O–H groups in total. The van der Waals surface area contributed by atoms with Crippen LogP contribution in [0.2, 0.25) is 0 Å². The van der Waals surface area contributed by atoms with Crippen molar-refractivity contribution in [2.75, 3.05) is 19.5 Å². The molecular formula is C18H21NO2. The van der Waals surface area contributed by atoms with Gasteiger partial charge in [-0.05, 0) is 42.5 Å². The zero-order valence-electron chi connectivity index (χ0n) is 12.6. The van der Waals surface area contributed by atoms with Crippen LogP contribution in [0.3, 0.4) is 0 Å². The number of fused-ring (bicyclic) bond motifs is 1. The van der Waals surface area contributed by atoms with Gasteiger partial charge in [0.25, 0.3) is 0 Å². The Kier molecular flexibility index (Phi) is 4.00. The van der Waals surface area contributed by atoms with Gasteiger partial charge in [-0.1, -0.05) is 24.3 Å². The van der Waals surface area contributed by atoms with Gasteiger partial charge in [-0.15, -0.1) is 0 Å². The van der Waals surface area contributed by atoms with Crippen LogP contribution in [0.5, 0.6) is 11.5 Å². The molecular weight excluding hydrogens is 262 g/mol. The van der Waals surface area contributed by atoms with Gasteiger partial charge in [0.15, 0.2) is 11.5 Å². The average molecular weight is 283 g/mol. The summed E-state index contributed by atoms with van der Waals surface area (Å²) >= 11 is 0. The summed E-state index contributed by atoms with van der Waals surface area (Å²) in [4.78, 5) is 0. The Hall–Kier alpha value is -2.16. The minimum atomic E-state index is 0.470. The molecule has 0 saturated heterocycles. The highest BCUT2D eigenvalue weighted by molar-refractivity contribution is 5.55. The number of anilines is 1. The van der Waals surface area contributed by atoms with Gasteiger partial charge in [0.1, 0.15) is 0 Å². The van der Waals surface area contributed by atoms with Gasteiger partial charge < -0.3 is 14.8 Å². The Morgan fingerprint density at radius 2 is 1.71 bits per heavy atom. The van der Waals surface area contributed by atoms with E-state index in [-0.39, 0.29) is 0 Å². The van der Waals surface area contributed by atoms with E-state index < -0.39 is 0 Å². The minimum absolute atomic E-state index is 0.470. The lowest BCUT2D eigenvalue weighted by atomic mass is 9.88. The summed E-state index contributed by atoms with van der Waals surface area (Å²) in [6.07, 6.45) is 3.37. The Balaban J connectivity index is 1.73. The molecule has 110 valence electrons. The molecule has 0 heterocycles. The summed E-state index contributed by atoms with van der Waals surface area (Å²) in [5.41, 5.74) is 4.03. The molecule has 1 aliphatic rings. The van der Waals surface area contributed by atoms with Crippen molar-refractivity contribution in [2.45, 2.75) is 25.3 Å². The molecule has 2 aromatic carbocycles. The van der Waals surface area contributed by atoms with Gasteiger partial charge in [-0.3, -0.25) is 0 Å². The van der Waals surface area contributed by atoms with Crippen LogP contribution < -0.4 is 14.8 Å². The zero-order valence-corrected chi connectivity index (χ0v) is 12.6. The Labute approximate surface area is 125 Å². The zero-order chi connectivity index (χ0) is 14.7. The first kappa shape index (κ1) is 13.8. The first-order valence-corrected chi connectivity index (χ1v) is 7.35. The van der Waals surface area contributed by atoms with E-state index in [1.54, 1.807) is 14.2 Å². The number of hydrogen-bond donors (Lipinski definition) is 1. The predicted octanol–water partition coefficient (Wildman–Crippen LogP) is 3.67. The third kappa shape index (κ3) is 2.97. The number of rotatable bonds is 4.